The van der Waals surface area contributed by atoms with Gasteiger partial charge in [-0.15, -0.1) is 0 Å². The fourth-order valence-electron chi connectivity index (χ4n) is 5.45. The Morgan fingerprint density at radius 3 is 1.44 bits per heavy atom. The van der Waals surface area contributed by atoms with Crippen LogP contribution in [0.1, 0.15) is 183 Å². The van der Waals surface area contributed by atoms with Crippen LogP contribution in [0.4, 0.5) is 0 Å². The van der Waals surface area contributed by atoms with E-state index in [4.69, 9.17) is 13.3 Å². The molecule has 0 aliphatic heterocycles. The third-order valence-corrected chi connectivity index (χ3v) is 12.4. The Morgan fingerprint density at radius 2 is 1.02 bits per heavy atom. The van der Waals surface area contributed by atoms with E-state index in [2.05, 4.69) is 39.5 Å². The lowest BCUT2D eigenvalue weighted by Crippen LogP contribution is -2.52. The van der Waals surface area contributed by atoms with Gasteiger partial charge in [-0.1, -0.05) is 149 Å². The van der Waals surface area contributed by atoms with Gasteiger partial charge in [-0.05, 0) is 39.0 Å². The number of rotatable bonds is 35. The summed E-state index contributed by atoms with van der Waals surface area (Å²) in [6.07, 6.45) is 25.6. The van der Waals surface area contributed by atoms with Gasteiger partial charge in [0.1, 0.15) is 6.23 Å². The van der Waals surface area contributed by atoms with Gasteiger partial charge in [0.2, 0.25) is 5.78 Å². The number of carbonyl (C=O) groups is 2. The smallest absolute Gasteiger partial charge is 0.373 e. The summed E-state index contributed by atoms with van der Waals surface area (Å²) in [5.74, 6) is 0.294. The molecule has 0 bridgehead atoms. The minimum absolute atomic E-state index is 0.0807. The summed E-state index contributed by atoms with van der Waals surface area (Å²) in [4.78, 5) is 26.5. The zero-order valence-corrected chi connectivity index (χ0v) is 32.6. The fourth-order valence-corrected chi connectivity index (χ4v) is 9.30. The lowest BCUT2D eigenvalue weighted by molar-refractivity contribution is -0.131. The van der Waals surface area contributed by atoms with Crippen molar-refractivity contribution < 1.29 is 22.9 Å². The molecule has 0 aromatic carbocycles. The second-order valence-electron chi connectivity index (χ2n) is 12.8. The van der Waals surface area contributed by atoms with Crippen molar-refractivity contribution in [1.82, 2.24) is 4.90 Å². The highest BCUT2D eigenvalue weighted by Crippen LogP contribution is 2.25. The second-order valence-corrected chi connectivity index (χ2v) is 16.6. The van der Waals surface area contributed by atoms with Crippen LogP contribution in [0.3, 0.4) is 0 Å². The molecule has 0 amide bonds. The van der Waals surface area contributed by atoms with Crippen LogP contribution >= 0.6 is 11.8 Å². The van der Waals surface area contributed by atoms with Gasteiger partial charge in [-0.2, -0.15) is 0 Å². The number of carbonyl (C=O) groups excluding carboxylic acids is 2. The highest BCUT2D eigenvalue weighted by molar-refractivity contribution is 8.15. The van der Waals surface area contributed by atoms with Crippen LogP contribution in [0.25, 0.3) is 0 Å². The Kier molecular flexibility index (Phi) is 32.1. The molecular weight excluding hydrogens is 599 g/mol. The number of hydrogen-bond acceptors (Lipinski definition) is 7. The van der Waals surface area contributed by atoms with E-state index in [1.54, 1.807) is 6.92 Å². The van der Waals surface area contributed by atoms with E-state index in [0.29, 0.717) is 25.0 Å². The average Bonchev–Trinajstić information content (AvgIpc) is 3.04. The fraction of sp³-hybridized carbons (Fsp3) is 0.946. The summed E-state index contributed by atoms with van der Waals surface area (Å²) in [5.41, 5.74) is 0. The predicted octanol–water partition coefficient (Wildman–Crippen LogP) is 11.1. The van der Waals surface area contributed by atoms with Crippen LogP contribution in [-0.4, -0.2) is 62.9 Å². The number of hydrogen-bond donors (Lipinski definition) is 0. The van der Waals surface area contributed by atoms with E-state index >= 15 is 0 Å². The lowest BCUT2D eigenvalue weighted by Gasteiger charge is -2.37. The van der Waals surface area contributed by atoms with Crippen molar-refractivity contribution in [3.8, 4) is 0 Å². The molecule has 8 heteroatoms. The van der Waals surface area contributed by atoms with Crippen LogP contribution in [0.2, 0.25) is 6.04 Å². The van der Waals surface area contributed by atoms with Crippen molar-refractivity contribution >= 4 is 31.5 Å². The zero-order valence-electron chi connectivity index (χ0n) is 30.8. The molecule has 0 radical (unpaired) electrons. The summed E-state index contributed by atoms with van der Waals surface area (Å²) in [7, 11) is -3.03. The van der Waals surface area contributed by atoms with Crippen molar-refractivity contribution in [3.05, 3.63) is 0 Å². The largest absolute Gasteiger partial charge is 0.502 e. The molecule has 1 unspecified atom stereocenters. The van der Waals surface area contributed by atoms with E-state index in [1.165, 1.54) is 89.9 Å². The summed E-state index contributed by atoms with van der Waals surface area (Å²) < 4.78 is 20.5. The first-order valence-corrected chi connectivity index (χ1v) is 22.2. The first kappa shape index (κ1) is 44.7. The van der Waals surface area contributed by atoms with Crippen molar-refractivity contribution in [2.45, 2.75) is 195 Å². The molecule has 0 fully saturated rings. The molecule has 0 saturated heterocycles. The van der Waals surface area contributed by atoms with Crippen LogP contribution in [0.15, 0.2) is 0 Å². The zero-order chi connectivity index (χ0) is 33.4. The molecule has 0 aliphatic rings. The SMILES string of the molecule is CCCCCCCCCCO[Si](CCCSC(=O)C(=O)CC)(OCCCCCCCCCC)OC(C)N(CCCC)CCCC. The number of thioether (sulfide) groups is 1. The minimum Gasteiger partial charge on any atom is -0.373 e. The first-order valence-electron chi connectivity index (χ1n) is 19.3. The van der Waals surface area contributed by atoms with E-state index in [0.717, 1.165) is 69.8 Å². The molecule has 0 spiro atoms. The summed E-state index contributed by atoms with van der Waals surface area (Å²) in [6, 6.07) is 0.682. The Balaban J connectivity index is 5.49. The van der Waals surface area contributed by atoms with Crippen molar-refractivity contribution in [2.75, 3.05) is 32.1 Å². The maximum atomic E-state index is 12.2. The van der Waals surface area contributed by atoms with Gasteiger partial charge in [0.25, 0.3) is 5.12 Å². The van der Waals surface area contributed by atoms with Gasteiger partial charge in [-0.3, -0.25) is 14.5 Å². The summed E-state index contributed by atoms with van der Waals surface area (Å²) in [5, 5.41) is -0.330. The van der Waals surface area contributed by atoms with Crippen LogP contribution in [0, 0.1) is 0 Å². The molecule has 0 heterocycles. The monoisotopic (exact) mass is 674 g/mol. The third-order valence-electron chi connectivity index (χ3n) is 8.51. The van der Waals surface area contributed by atoms with Crippen LogP contribution in [-0.2, 0) is 22.9 Å². The van der Waals surface area contributed by atoms with Gasteiger partial charge in [-0.25, -0.2) is 0 Å². The van der Waals surface area contributed by atoms with Crippen LogP contribution in [0.5, 0.6) is 0 Å². The molecule has 0 N–H and O–H groups in total. The molecule has 0 aliphatic carbocycles. The number of unbranched alkanes of at least 4 members (excludes halogenated alkanes) is 16. The Labute approximate surface area is 285 Å². The molecule has 1 atom stereocenters. The minimum atomic E-state index is -3.03. The molecule has 45 heavy (non-hydrogen) atoms. The quantitative estimate of drug-likeness (QED) is 0.0287. The Bertz CT molecular complexity index is 653. The van der Waals surface area contributed by atoms with E-state index < -0.39 is 8.80 Å². The van der Waals surface area contributed by atoms with E-state index in [-0.39, 0.29) is 23.5 Å². The van der Waals surface area contributed by atoms with Crippen molar-refractivity contribution in [3.63, 3.8) is 0 Å². The highest BCUT2D eigenvalue weighted by Gasteiger charge is 2.43. The van der Waals surface area contributed by atoms with Gasteiger partial charge in [0, 0.05) is 44.5 Å². The number of Topliss-reactive ketones (excluding diaryl/α,β-unsaturated/α-hetero) is 1. The number of ketones is 1. The summed E-state index contributed by atoms with van der Waals surface area (Å²) in [6.45, 7) is 16.3. The standard InChI is InChI=1S/C37H75NO5SSi/c1-7-12-16-18-20-22-24-26-31-41-45(34-28-33-44-37(40)36(39)11-5,42-32-27-25-23-21-19-17-13-8-2)43-35(6)38(29-14-9-3)30-15-10-4/h35H,7-34H2,1-6H3. The molecule has 0 aromatic heterocycles. The average molecular weight is 674 g/mol. The Morgan fingerprint density at radius 1 is 0.600 bits per heavy atom. The van der Waals surface area contributed by atoms with E-state index in [1.807, 2.05) is 0 Å². The van der Waals surface area contributed by atoms with Crippen LogP contribution < -0.4 is 0 Å². The third kappa shape index (κ3) is 25.4. The second kappa shape index (κ2) is 32.3. The van der Waals surface area contributed by atoms with Gasteiger partial charge in [0.15, 0.2) is 0 Å². The molecule has 0 aromatic rings. The van der Waals surface area contributed by atoms with Crippen molar-refractivity contribution in [2.24, 2.45) is 0 Å². The molecule has 0 rings (SSSR count). The Hall–Kier alpha value is -0.253. The predicted molar refractivity (Wildman–Crippen MR) is 197 cm³/mol. The highest BCUT2D eigenvalue weighted by atomic mass is 32.2. The molecule has 6 nitrogen and oxygen atoms in total. The topological polar surface area (TPSA) is 65.1 Å². The normalized spacial score (nSPS) is 12.7. The van der Waals surface area contributed by atoms with Gasteiger partial charge < -0.3 is 13.3 Å². The van der Waals surface area contributed by atoms with E-state index in [9.17, 15) is 9.59 Å². The van der Waals surface area contributed by atoms with Gasteiger partial charge in [0.05, 0.1) is 0 Å². The summed E-state index contributed by atoms with van der Waals surface area (Å²) >= 11 is 1.14. The maximum absolute atomic E-state index is 12.2. The number of nitrogens with zero attached hydrogens (tertiary/aromatic N) is 1. The van der Waals surface area contributed by atoms with Crippen molar-refractivity contribution in [1.29, 1.82) is 0 Å². The maximum Gasteiger partial charge on any atom is 0.502 e. The molecule has 268 valence electrons. The lowest BCUT2D eigenvalue weighted by atomic mass is 10.1. The van der Waals surface area contributed by atoms with Gasteiger partial charge >= 0.3 is 8.80 Å². The first-order chi connectivity index (χ1) is 21.9. The molecule has 0 saturated carbocycles. The molecular formula is C37H75NO5SSi.